The number of carbonyl (C=O) groups is 1. The topological polar surface area (TPSA) is 17.1 Å². The normalized spacial score (nSPS) is 10.4. The number of aryl methyl sites for hydroxylation is 1. The number of hydrogen-bond acceptors (Lipinski definition) is 1. The van der Waals surface area contributed by atoms with Crippen LogP contribution in [0.3, 0.4) is 0 Å². The van der Waals surface area contributed by atoms with Gasteiger partial charge in [-0.15, -0.1) is 0 Å². The predicted molar refractivity (Wildman–Crippen MR) is 73.3 cm³/mol. The van der Waals surface area contributed by atoms with Crippen molar-refractivity contribution in [1.82, 2.24) is 0 Å². The zero-order valence-corrected chi connectivity index (χ0v) is 11.5. The Morgan fingerprint density at radius 1 is 1.17 bits per heavy atom. The summed E-state index contributed by atoms with van der Waals surface area (Å²) in [5.74, 6) is -0.341. The van der Waals surface area contributed by atoms with Crippen LogP contribution in [0, 0.1) is 12.7 Å². The number of ketones is 1. The van der Waals surface area contributed by atoms with E-state index in [0.29, 0.717) is 11.1 Å². The first-order valence-electron chi connectivity index (χ1n) is 5.60. The molecule has 92 valence electrons. The Kier molecular flexibility index (Phi) is 3.92. The lowest BCUT2D eigenvalue weighted by Crippen LogP contribution is -2.04. The molecule has 2 aromatic carbocycles. The van der Waals surface area contributed by atoms with E-state index in [-0.39, 0.29) is 18.0 Å². The first kappa shape index (κ1) is 13.0. The second kappa shape index (κ2) is 5.44. The van der Waals surface area contributed by atoms with Gasteiger partial charge < -0.3 is 0 Å². The monoisotopic (exact) mass is 306 g/mol. The highest BCUT2D eigenvalue weighted by molar-refractivity contribution is 9.10. The summed E-state index contributed by atoms with van der Waals surface area (Å²) in [6.07, 6.45) is 0.196. The third-order valence-electron chi connectivity index (χ3n) is 2.73. The van der Waals surface area contributed by atoms with Crippen molar-refractivity contribution in [3.63, 3.8) is 0 Å². The highest BCUT2D eigenvalue weighted by Gasteiger charge is 2.10. The Labute approximate surface area is 114 Å². The standard InChI is InChI=1S/C15H12BrFO/c1-10-2-4-11(5-3-10)15(18)9-12-8-13(17)6-7-14(12)16/h2-8H,9H2,1H3. The summed E-state index contributed by atoms with van der Waals surface area (Å²) >= 11 is 3.32. The zero-order chi connectivity index (χ0) is 13.1. The van der Waals surface area contributed by atoms with Crippen LogP contribution in [-0.2, 0) is 6.42 Å². The van der Waals surface area contributed by atoms with E-state index in [1.807, 2.05) is 19.1 Å². The van der Waals surface area contributed by atoms with E-state index in [2.05, 4.69) is 15.9 Å². The molecule has 2 aromatic rings. The van der Waals surface area contributed by atoms with Crippen molar-refractivity contribution >= 4 is 21.7 Å². The summed E-state index contributed by atoms with van der Waals surface area (Å²) in [5.41, 5.74) is 2.43. The molecule has 0 saturated heterocycles. The number of rotatable bonds is 3. The van der Waals surface area contributed by atoms with Gasteiger partial charge in [-0.1, -0.05) is 45.8 Å². The van der Waals surface area contributed by atoms with Crippen molar-refractivity contribution in [3.8, 4) is 0 Å². The van der Waals surface area contributed by atoms with Gasteiger partial charge in [0.2, 0.25) is 0 Å². The highest BCUT2D eigenvalue weighted by atomic mass is 79.9. The minimum absolute atomic E-state index is 0.0127. The molecular weight excluding hydrogens is 295 g/mol. The Balaban J connectivity index is 2.21. The molecule has 0 fully saturated rings. The molecule has 0 aromatic heterocycles. The molecule has 18 heavy (non-hydrogen) atoms. The minimum atomic E-state index is -0.329. The number of Topliss-reactive ketones (excluding diaryl/α,β-unsaturated/α-hetero) is 1. The van der Waals surface area contributed by atoms with Gasteiger partial charge in [-0.05, 0) is 30.7 Å². The van der Waals surface area contributed by atoms with Gasteiger partial charge in [0.1, 0.15) is 5.82 Å². The fraction of sp³-hybridized carbons (Fsp3) is 0.133. The van der Waals surface area contributed by atoms with Crippen LogP contribution in [0.2, 0.25) is 0 Å². The van der Waals surface area contributed by atoms with Crippen molar-refractivity contribution < 1.29 is 9.18 Å². The van der Waals surface area contributed by atoms with Crippen molar-refractivity contribution in [2.45, 2.75) is 13.3 Å². The van der Waals surface area contributed by atoms with Crippen LogP contribution in [0.1, 0.15) is 21.5 Å². The van der Waals surface area contributed by atoms with Crippen molar-refractivity contribution in [1.29, 1.82) is 0 Å². The lowest BCUT2D eigenvalue weighted by molar-refractivity contribution is 0.0993. The third-order valence-corrected chi connectivity index (χ3v) is 3.51. The number of hydrogen-bond donors (Lipinski definition) is 0. The van der Waals surface area contributed by atoms with E-state index in [0.717, 1.165) is 10.0 Å². The molecule has 0 aliphatic carbocycles. The summed E-state index contributed by atoms with van der Waals surface area (Å²) in [6, 6.07) is 11.8. The highest BCUT2D eigenvalue weighted by Crippen LogP contribution is 2.20. The molecule has 0 bridgehead atoms. The van der Waals surface area contributed by atoms with Gasteiger partial charge in [-0.25, -0.2) is 4.39 Å². The van der Waals surface area contributed by atoms with E-state index >= 15 is 0 Å². The van der Waals surface area contributed by atoms with E-state index in [9.17, 15) is 9.18 Å². The lowest BCUT2D eigenvalue weighted by atomic mass is 10.0. The van der Waals surface area contributed by atoms with Crippen LogP contribution in [0.25, 0.3) is 0 Å². The maximum absolute atomic E-state index is 13.1. The van der Waals surface area contributed by atoms with Gasteiger partial charge in [0.15, 0.2) is 5.78 Å². The molecule has 0 radical (unpaired) electrons. The summed E-state index contributed by atoms with van der Waals surface area (Å²) in [7, 11) is 0. The summed E-state index contributed by atoms with van der Waals surface area (Å²) in [4.78, 5) is 12.0. The molecule has 0 atom stereocenters. The number of carbonyl (C=O) groups excluding carboxylic acids is 1. The Bertz CT molecular complexity index is 576. The maximum Gasteiger partial charge on any atom is 0.167 e. The lowest BCUT2D eigenvalue weighted by Gasteiger charge is -2.05. The van der Waals surface area contributed by atoms with Crippen molar-refractivity contribution in [3.05, 3.63) is 69.4 Å². The molecular formula is C15H12BrFO. The van der Waals surface area contributed by atoms with Gasteiger partial charge in [0, 0.05) is 16.5 Å². The fourth-order valence-electron chi connectivity index (χ4n) is 1.69. The smallest absolute Gasteiger partial charge is 0.167 e. The predicted octanol–water partition coefficient (Wildman–Crippen LogP) is 4.32. The Morgan fingerprint density at radius 2 is 1.83 bits per heavy atom. The van der Waals surface area contributed by atoms with Crippen LogP contribution in [0.5, 0.6) is 0 Å². The average molecular weight is 307 g/mol. The molecule has 0 aliphatic rings. The van der Waals surface area contributed by atoms with Gasteiger partial charge >= 0.3 is 0 Å². The summed E-state index contributed by atoms with van der Waals surface area (Å²) in [5, 5.41) is 0. The molecule has 3 heteroatoms. The first-order chi connectivity index (χ1) is 8.56. The molecule has 0 amide bonds. The van der Waals surface area contributed by atoms with Crippen LogP contribution in [0.15, 0.2) is 46.9 Å². The summed E-state index contributed by atoms with van der Waals surface area (Å²) in [6.45, 7) is 1.97. The van der Waals surface area contributed by atoms with Crippen LogP contribution in [-0.4, -0.2) is 5.78 Å². The molecule has 2 rings (SSSR count). The zero-order valence-electron chi connectivity index (χ0n) is 9.91. The molecule has 0 saturated carbocycles. The maximum atomic E-state index is 13.1. The second-order valence-electron chi connectivity index (χ2n) is 4.20. The van der Waals surface area contributed by atoms with Gasteiger partial charge in [-0.2, -0.15) is 0 Å². The molecule has 0 heterocycles. The second-order valence-corrected chi connectivity index (χ2v) is 5.06. The Hall–Kier alpha value is -1.48. The SMILES string of the molecule is Cc1ccc(C(=O)Cc2cc(F)ccc2Br)cc1. The minimum Gasteiger partial charge on any atom is -0.294 e. The largest absolute Gasteiger partial charge is 0.294 e. The third kappa shape index (κ3) is 3.05. The fourth-order valence-corrected chi connectivity index (χ4v) is 2.08. The van der Waals surface area contributed by atoms with Crippen LogP contribution in [0.4, 0.5) is 4.39 Å². The van der Waals surface area contributed by atoms with Gasteiger partial charge in [0.05, 0.1) is 0 Å². The van der Waals surface area contributed by atoms with Gasteiger partial charge in [0.25, 0.3) is 0 Å². The molecule has 0 spiro atoms. The van der Waals surface area contributed by atoms with Gasteiger partial charge in [-0.3, -0.25) is 4.79 Å². The number of halogens is 2. The van der Waals surface area contributed by atoms with Crippen LogP contribution < -0.4 is 0 Å². The van der Waals surface area contributed by atoms with E-state index in [4.69, 9.17) is 0 Å². The first-order valence-corrected chi connectivity index (χ1v) is 6.39. The molecule has 0 aliphatic heterocycles. The average Bonchev–Trinajstić information content (AvgIpc) is 2.34. The van der Waals surface area contributed by atoms with Crippen LogP contribution >= 0.6 is 15.9 Å². The molecule has 0 N–H and O–H groups in total. The number of benzene rings is 2. The van der Waals surface area contributed by atoms with Crippen molar-refractivity contribution in [2.75, 3.05) is 0 Å². The van der Waals surface area contributed by atoms with E-state index in [1.54, 1.807) is 18.2 Å². The Morgan fingerprint density at radius 3 is 2.50 bits per heavy atom. The van der Waals surface area contributed by atoms with Crippen molar-refractivity contribution in [2.24, 2.45) is 0 Å². The van der Waals surface area contributed by atoms with E-state index < -0.39 is 0 Å². The molecule has 1 nitrogen and oxygen atoms in total. The summed E-state index contributed by atoms with van der Waals surface area (Å²) < 4.78 is 13.9. The quantitative estimate of drug-likeness (QED) is 0.772. The molecule has 0 unspecified atom stereocenters. The van der Waals surface area contributed by atoms with E-state index in [1.165, 1.54) is 12.1 Å².